The Labute approximate surface area is 168 Å². The first kappa shape index (κ1) is 22.0. The Kier molecular flexibility index (Phi) is 10.6. The van der Waals surface area contributed by atoms with E-state index in [1.165, 1.54) is 99.8 Å². The minimum absolute atomic E-state index is 0.665. The molecule has 2 aromatic rings. The fraction of sp³-hybridized carbons (Fsp3) is 0.630. The van der Waals surface area contributed by atoms with Crippen molar-refractivity contribution in [2.24, 2.45) is 0 Å². The molecule has 0 aliphatic heterocycles. The molecule has 0 spiro atoms. The summed E-state index contributed by atoms with van der Waals surface area (Å²) >= 11 is 0. The van der Waals surface area contributed by atoms with E-state index in [1.54, 1.807) is 5.56 Å². The molecule has 0 aliphatic rings. The van der Waals surface area contributed by atoms with Gasteiger partial charge in [0.25, 0.3) is 0 Å². The van der Waals surface area contributed by atoms with Gasteiger partial charge < -0.3 is 0 Å². The van der Waals surface area contributed by atoms with Gasteiger partial charge in [-0.1, -0.05) is 133 Å². The highest BCUT2D eigenvalue weighted by Gasteiger charge is 2.10. The Morgan fingerprint density at radius 3 is 1.89 bits per heavy atom. The Morgan fingerprint density at radius 2 is 1.26 bits per heavy atom. The van der Waals surface area contributed by atoms with Crippen LogP contribution in [0.5, 0.6) is 0 Å². The van der Waals surface area contributed by atoms with E-state index in [2.05, 4.69) is 57.2 Å². The van der Waals surface area contributed by atoms with Gasteiger partial charge in [0.1, 0.15) is 0 Å². The van der Waals surface area contributed by atoms with Gasteiger partial charge in [-0.2, -0.15) is 0 Å². The van der Waals surface area contributed by atoms with E-state index in [4.69, 9.17) is 0 Å². The third-order valence-electron chi connectivity index (χ3n) is 6.06. The van der Waals surface area contributed by atoms with Crippen molar-refractivity contribution < 1.29 is 0 Å². The summed E-state index contributed by atoms with van der Waals surface area (Å²) in [5.41, 5.74) is 2.94. The van der Waals surface area contributed by atoms with Crippen LogP contribution in [-0.4, -0.2) is 0 Å². The van der Waals surface area contributed by atoms with Crippen molar-refractivity contribution in [1.82, 2.24) is 0 Å². The normalized spacial score (nSPS) is 12.6. The molecule has 0 heteroatoms. The molecule has 0 nitrogen and oxygen atoms in total. The van der Waals surface area contributed by atoms with Crippen LogP contribution in [0.2, 0.25) is 0 Å². The van der Waals surface area contributed by atoms with Gasteiger partial charge in [-0.05, 0) is 35.6 Å². The third-order valence-corrected chi connectivity index (χ3v) is 6.06. The summed E-state index contributed by atoms with van der Waals surface area (Å²) in [5.74, 6) is 0.665. The molecule has 0 saturated carbocycles. The van der Waals surface area contributed by atoms with E-state index < -0.39 is 0 Å². The van der Waals surface area contributed by atoms with Gasteiger partial charge in [-0.3, -0.25) is 0 Å². The average Bonchev–Trinajstić information content (AvgIpc) is 2.68. The maximum atomic E-state index is 2.42. The summed E-state index contributed by atoms with van der Waals surface area (Å²) < 4.78 is 0. The van der Waals surface area contributed by atoms with Crippen LogP contribution in [0.25, 0.3) is 10.8 Å². The molecule has 0 heterocycles. The second kappa shape index (κ2) is 13.0. The molecule has 0 aromatic heterocycles. The van der Waals surface area contributed by atoms with Crippen molar-refractivity contribution in [1.29, 1.82) is 0 Å². The molecule has 0 saturated heterocycles. The van der Waals surface area contributed by atoms with Crippen molar-refractivity contribution in [2.75, 3.05) is 0 Å². The summed E-state index contributed by atoms with van der Waals surface area (Å²) in [6.45, 7) is 6.94. The monoisotopic (exact) mass is 366 g/mol. The number of unbranched alkanes of at least 4 members (excludes halogenated alkanes) is 11. The zero-order valence-electron chi connectivity index (χ0n) is 18.2. The zero-order chi connectivity index (χ0) is 19.3. The van der Waals surface area contributed by atoms with Crippen LogP contribution in [-0.2, 0) is 0 Å². The van der Waals surface area contributed by atoms with E-state index in [0.717, 1.165) is 0 Å². The lowest BCUT2D eigenvalue weighted by molar-refractivity contribution is 0.529. The fourth-order valence-electron chi connectivity index (χ4n) is 4.35. The molecule has 1 unspecified atom stereocenters. The van der Waals surface area contributed by atoms with Crippen LogP contribution in [0.1, 0.15) is 114 Å². The number of rotatable bonds is 14. The highest BCUT2D eigenvalue weighted by molar-refractivity contribution is 5.86. The Bertz CT molecular complexity index is 640. The molecular weight excluding hydrogens is 324 g/mol. The Morgan fingerprint density at radius 1 is 0.704 bits per heavy atom. The van der Waals surface area contributed by atoms with E-state index in [0.29, 0.717) is 5.92 Å². The van der Waals surface area contributed by atoms with Gasteiger partial charge in [0, 0.05) is 0 Å². The van der Waals surface area contributed by atoms with E-state index in [-0.39, 0.29) is 0 Å². The second-order valence-electron chi connectivity index (χ2n) is 8.65. The summed E-state index contributed by atoms with van der Waals surface area (Å²) in [4.78, 5) is 0. The average molecular weight is 367 g/mol. The number of benzene rings is 2. The lowest BCUT2D eigenvalue weighted by atomic mass is 9.89. The molecule has 0 amide bonds. The third kappa shape index (κ3) is 8.08. The zero-order valence-corrected chi connectivity index (χ0v) is 18.2. The summed E-state index contributed by atoms with van der Waals surface area (Å²) in [6, 6.07) is 13.6. The van der Waals surface area contributed by atoms with Crippen LogP contribution in [0, 0.1) is 6.92 Å². The molecule has 0 aliphatic carbocycles. The van der Waals surface area contributed by atoms with Crippen molar-refractivity contribution in [2.45, 2.75) is 110 Å². The molecule has 0 bridgehead atoms. The first-order valence-corrected chi connectivity index (χ1v) is 11.7. The van der Waals surface area contributed by atoms with Crippen LogP contribution in [0.3, 0.4) is 0 Å². The highest BCUT2D eigenvalue weighted by atomic mass is 14.1. The quantitative estimate of drug-likeness (QED) is 0.292. The largest absolute Gasteiger partial charge is 0.0654 e. The minimum Gasteiger partial charge on any atom is -0.0654 e. The summed E-state index contributed by atoms with van der Waals surface area (Å²) in [5, 5.41) is 2.85. The van der Waals surface area contributed by atoms with Crippen molar-refractivity contribution in [3.05, 3.63) is 47.5 Å². The fourth-order valence-corrected chi connectivity index (χ4v) is 4.35. The number of aryl methyl sites for hydroxylation is 1. The van der Waals surface area contributed by atoms with Crippen molar-refractivity contribution in [3.8, 4) is 0 Å². The van der Waals surface area contributed by atoms with Crippen molar-refractivity contribution in [3.63, 3.8) is 0 Å². The van der Waals surface area contributed by atoms with E-state index in [9.17, 15) is 0 Å². The topological polar surface area (TPSA) is 0 Å². The van der Waals surface area contributed by atoms with Crippen LogP contribution in [0.15, 0.2) is 36.4 Å². The van der Waals surface area contributed by atoms with Crippen LogP contribution >= 0.6 is 0 Å². The molecular formula is C27H42. The van der Waals surface area contributed by atoms with Crippen molar-refractivity contribution >= 4 is 10.8 Å². The molecule has 27 heavy (non-hydrogen) atoms. The lowest BCUT2D eigenvalue weighted by Gasteiger charge is -2.16. The summed E-state index contributed by atoms with van der Waals surface area (Å²) in [6.07, 6.45) is 18.5. The second-order valence-corrected chi connectivity index (χ2v) is 8.65. The maximum absolute atomic E-state index is 2.42. The summed E-state index contributed by atoms with van der Waals surface area (Å²) in [7, 11) is 0. The molecule has 0 fully saturated rings. The van der Waals surface area contributed by atoms with Gasteiger partial charge in [0.15, 0.2) is 0 Å². The Hall–Kier alpha value is -1.30. The highest BCUT2D eigenvalue weighted by Crippen LogP contribution is 2.30. The molecule has 1 atom stereocenters. The smallest absolute Gasteiger partial charge is 0.0149 e. The van der Waals surface area contributed by atoms with Gasteiger partial charge in [0.2, 0.25) is 0 Å². The van der Waals surface area contributed by atoms with E-state index >= 15 is 0 Å². The minimum atomic E-state index is 0.665. The van der Waals surface area contributed by atoms with Gasteiger partial charge in [-0.25, -0.2) is 0 Å². The predicted octanol–water partition coefficient (Wildman–Crippen LogP) is 9.34. The van der Waals surface area contributed by atoms with Gasteiger partial charge in [0.05, 0.1) is 0 Å². The molecule has 2 aromatic carbocycles. The van der Waals surface area contributed by atoms with Gasteiger partial charge in [-0.15, -0.1) is 0 Å². The first-order chi connectivity index (χ1) is 13.2. The molecule has 0 radical (unpaired) electrons. The predicted molar refractivity (Wildman–Crippen MR) is 123 cm³/mol. The molecule has 150 valence electrons. The number of hydrogen-bond acceptors (Lipinski definition) is 0. The molecule has 0 N–H and O–H groups in total. The molecule has 2 rings (SSSR count). The Balaban J connectivity index is 1.59. The maximum Gasteiger partial charge on any atom is -0.0149 e. The van der Waals surface area contributed by atoms with E-state index in [1.807, 2.05) is 0 Å². The SMILES string of the molecule is CCCCCCCCCCCCCCC(C)c1cc(C)cc2ccccc12. The van der Waals surface area contributed by atoms with Gasteiger partial charge >= 0.3 is 0 Å². The van der Waals surface area contributed by atoms with Crippen LogP contribution in [0.4, 0.5) is 0 Å². The number of fused-ring (bicyclic) bond motifs is 1. The number of hydrogen-bond donors (Lipinski definition) is 0. The standard InChI is InChI=1S/C27H42/c1-4-5-6-7-8-9-10-11-12-13-14-15-18-24(3)27-22-23(2)21-25-19-16-17-20-26(25)27/h16-17,19-22,24H,4-15,18H2,1-3H3. The lowest BCUT2D eigenvalue weighted by Crippen LogP contribution is -1.96. The first-order valence-electron chi connectivity index (χ1n) is 11.7. The van der Waals surface area contributed by atoms with Crippen LogP contribution < -0.4 is 0 Å².